The Labute approximate surface area is 244 Å². The molecule has 0 saturated heterocycles. The highest BCUT2D eigenvalue weighted by molar-refractivity contribution is 9.10. The topological polar surface area (TPSA) is 86.8 Å². The van der Waals surface area contributed by atoms with Gasteiger partial charge in [-0.2, -0.15) is 0 Å². The molecule has 0 fully saturated rings. The van der Waals surface area contributed by atoms with Gasteiger partial charge in [0, 0.05) is 22.6 Å². The first-order chi connectivity index (χ1) is 18.4. The Kier molecular flexibility index (Phi) is 10.6. The fourth-order valence-corrected chi connectivity index (χ4v) is 5.78. The number of para-hydroxylation sites is 1. The Bertz CT molecular complexity index is 1400. The number of carbonyl (C=O) groups is 2. The van der Waals surface area contributed by atoms with Crippen molar-refractivity contribution in [2.45, 2.75) is 45.2 Å². The van der Waals surface area contributed by atoms with Gasteiger partial charge in [-0.15, -0.1) is 0 Å². The average Bonchev–Trinajstić information content (AvgIpc) is 2.90. The summed E-state index contributed by atoms with van der Waals surface area (Å²) in [6.07, 6.45) is 0. The van der Waals surface area contributed by atoms with Crippen LogP contribution in [-0.2, 0) is 26.2 Å². The van der Waals surface area contributed by atoms with E-state index in [0.29, 0.717) is 22.8 Å². The first-order valence-electron chi connectivity index (χ1n) is 12.6. The Balaban J connectivity index is 2.02. The summed E-state index contributed by atoms with van der Waals surface area (Å²) in [5, 5.41) is 3.28. The smallest absolute Gasteiger partial charge is 0.264 e. The number of nitrogens with one attached hydrogen (secondary N) is 1. The molecule has 0 radical (unpaired) electrons. The van der Waals surface area contributed by atoms with Crippen LogP contribution in [0.3, 0.4) is 0 Å². The minimum Gasteiger partial charge on any atom is -0.354 e. The number of carbonyl (C=O) groups excluding carboxylic acids is 2. The van der Waals surface area contributed by atoms with Gasteiger partial charge in [0.25, 0.3) is 10.0 Å². The Morgan fingerprint density at radius 1 is 0.949 bits per heavy atom. The molecule has 39 heavy (non-hydrogen) atoms. The summed E-state index contributed by atoms with van der Waals surface area (Å²) in [5.74, 6) is -0.582. The van der Waals surface area contributed by atoms with Crippen molar-refractivity contribution in [3.63, 3.8) is 0 Å². The van der Waals surface area contributed by atoms with Gasteiger partial charge in [0.1, 0.15) is 12.6 Å². The molecule has 1 N–H and O–H groups in total. The first-order valence-corrected chi connectivity index (χ1v) is 15.2. The lowest BCUT2D eigenvalue weighted by Gasteiger charge is -2.32. The zero-order valence-electron chi connectivity index (χ0n) is 22.4. The van der Waals surface area contributed by atoms with E-state index in [2.05, 4.69) is 21.2 Å². The van der Waals surface area contributed by atoms with Crippen molar-refractivity contribution < 1.29 is 18.0 Å². The van der Waals surface area contributed by atoms with Crippen LogP contribution in [0.4, 0.5) is 5.69 Å². The summed E-state index contributed by atoms with van der Waals surface area (Å²) in [7, 11) is -4.15. The number of anilines is 1. The molecule has 0 heterocycles. The molecule has 7 nitrogen and oxygen atoms in total. The maximum absolute atomic E-state index is 13.9. The van der Waals surface area contributed by atoms with Crippen LogP contribution in [0.1, 0.15) is 31.9 Å². The molecule has 208 valence electrons. The number of sulfonamides is 1. The number of rotatable bonds is 11. The standard InChI is InChI=1S/C29H33BrClN3O4S/c1-20(2)17-32-29(36)22(4)33(18-23-9-11-24(30)12-10-23)28(35)19-34(27-8-6-5-7-21(27)3)39(37,38)26-15-13-25(31)14-16-26/h5-16,20,22H,17-19H2,1-4H3,(H,32,36)/t22-/m0/s1. The van der Waals surface area contributed by atoms with Gasteiger partial charge in [-0.05, 0) is 73.4 Å². The van der Waals surface area contributed by atoms with Crippen LogP contribution in [0.5, 0.6) is 0 Å². The molecule has 0 aliphatic carbocycles. The third-order valence-electron chi connectivity index (χ3n) is 6.18. The Morgan fingerprint density at radius 2 is 1.56 bits per heavy atom. The van der Waals surface area contributed by atoms with Crippen molar-refractivity contribution in [3.8, 4) is 0 Å². The summed E-state index contributed by atoms with van der Waals surface area (Å²) in [4.78, 5) is 28.4. The lowest BCUT2D eigenvalue weighted by atomic mass is 10.1. The molecule has 0 aromatic heterocycles. The molecule has 1 atom stereocenters. The SMILES string of the molecule is Cc1ccccc1N(CC(=O)N(Cc1ccc(Br)cc1)[C@@H](C)C(=O)NCC(C)C)S(=O)(=O)c1ccc(Cl)cc1. The second-order valence-corrected chi connectivity index (χ2v) is 12.9. The van der Waals surface area contributed by atoms with Gasteiger partial charge in [-0.1, -0.05) is 71.7 Å². The normalized spacial score (nSPS) is 12.2. The van der Waals surface area contributed by atoms with Gasteiger partial charge >= 0.3 is 0 Å². The van der Waals surface area contributed by atoms with Crippen molar-refractivity contribution in [3.05, 3.63) is 93.4 Å². The van der Waals surface area contributed by atoms with Gasteiger partial charge in [-0.3, -0.25) is 13.9 Å². The quantitative estimate of drug-likeness (QED) is 0.289. The van der Waals surface area contributed by atoms with E-state index in [-0.39, 0.29) is 23.3 Å². The molecule has 0 aliphatic rings. The summed E-state index contributed by atoms with van der Waals surface area (Å²) in [6, 6.07) is 19.4. The second kappa shape index (κ2) is 13.5. The summed E-state index contributed by atoms with van der Waals surface area (Å²) < 4.78 is 29.7. The van der Waals surface area contributed by atoms with Crippen molar-refractivity contribution >= 4 is 55.1 Å². The van der Waals surface area contributed by atoms with E-state index >= 15 is 0 Å². The molecule has 0 spiro atoms. The van der Waals surface area contributed by atoms with Crippen LogP contribution in [-0.4, -0.2) is 44.3 Å². The molecular weight excluding hydrogens is 602 g/mol. The van der Waals surface area contributed by atoms with Crippen molar-refractivity contribution in [1.29, 1.82) is 0 Å². The number of aryl methyl sites for hydroxylation is 1. The minimum atomic E-state index is -4.15. The van der Waals surface area contributed by atoms with Crippen LogP contribution < -0.4 is 9.62 Å². The summed E-state index contributed by atoms with van der Waals surface area (Å²) >= 11 is 9.41. The zero-order valence-corrected chi connectivity index (χ0v) is 25.6. The van der Waals surface area contributed by atoms with Gasteiger partial charge in [-0.25, -0.2) is 8.42 Å². The van der Waals surface area contributed by atoms with E-state index < -0.39 is 28.5 Å². The first kappa shape index (κ1) is 30.7. The minimum absolute atomic E-state index is 0.00476. The fourth-order valence-electron chi connectivity index (χ4n) is 3.91. The van der Waals surface area contributed by atoms with E-state index in [1.165, 1.54) is 29.2 Å². The van der Waals surface area contributed by atoms with Gasteiger partial charge in [0.15, 0.2) is 0 Å². The molecule has 2 amide bonds. The van der Waals surface area contributed by atoms with Crippen LogP contribution in [0.2, 0.25) is 5.02 Å². The van der Waals surface area contributed by atoms with Crippen LogP contribution >= 0.6 is 27.5 Å². The Hall–Kier alpha value is -2.88. The van der Waals surface area contributed by atoms with E-state index in [1.54, 1.807) is 38.1 Å². The second-order valence-electron chi connectivity index (χ2n) is 9.72. The van der Waals surface area contributed by atoms with E-state index in [1.807, 2.05) is 38.1 Å². The number of halogens is 2. The number of hydrogen-bond donors (Lipinski definition) is 1. The molecule has 3 aromatic rings. The molecule has 10 heteroatoms. The third kappa shape index (κ3) is 8.06. The highest BCUT2D eigenvalue weighted by atomic mass is 79.9. The molecule has 0 aliphatic heterocycles. The molecule has 0 saturated carbocycles. The van der Waals surface area contributed by atoms with Crippen LogP contribution in [0, 0.1) is 12.8 Å². The zero-order chi connectivity index (χ0) is 28.7. The predicted octanol–water partition coefficient (Wildman–Crippen LogP) is 5.80. The monoisotopic (exact) mass is 633 g/mol. The number of hydrogen-bond acceptors (Lipinski definition) is 4. The van der Waals surface area contributed by atoms with Gasteiger partial charge in [0.05, 0.1) is 10.6 Å². The van der Waals surface area contributed by atoms with E-state index in [0.717, 1.165) is 14.3 Å². The molecule has 3 aromatic carbocycles. The predicted molar refractivity (Wildman–Crippen MR) is 159 cm³/mol. The largest absolute Gasteiger partial charge is 0.354 e. The van der Waals surface area contributed by atoms with Crippen molar-refractivity contribution in [2.24, 2.45) is 5.92 Å². The van der Waals surface area contributed by atoms with Gasteiger partial charge < -0.3 is 10.2 Å². The highest BCUT2D eigenvalue weighted by Gasteiger charge is 2.33. The average molecular weight is 635 g/mol. The number of benzene rings is 3. The third-order valence-corrected chi connectivity index (χ3v) is 8.74. The van der Waals surface area contributed by atoms with Crippen molar-refractivity contribution in [2.75, 3.05) is 17.4 Å². The lowest BCUT2D eigenvalue weighted by molar-refractivity contribution is -0.139. The molecular formula is C29H33BrClN3O4S. The van der Waals surface area contributed by atoms with E-state index in [4.69, 9.17) is 11.6 Å². The molecule has 3 rings (SSSR count). The maximum atomic E-state index is 13.9. The summed E-state index contributed by atoms with van der Waals surface area (Å²) in [6.45, 7) is 7.50. The molecule has 0 unspecified atom stereocenters. The molecule has 0 bridgehead atoms. The van der Waals surface area contributed by atoms with Crippen molar-refractivity contribution in [1.82, 2.24) is 10.2 Å². The lowest BCUT2D eigenvalue weighted by Crippen LogP contribution is -2.51. The summed E-state index contributed by atoms with van der Waals surface area (Å²) in [5.41, 5.74) is 1.87. The fraction of sp³-hybridized carbons (Fsp3) is 0.310. The van der Waals surface area contributed by atoms with Crippen LogP contribution in [0.25, 0.3) is 0 Å². The highest BCUT2D eigenvalue weighted by Crippen LogP contribution is 2.28. The van der Waals surface area contributed by atoms with Crippen LogP contribution in [0.15, 0.2) is 82.2 Å². The number of amides is 2. The maximum Gasteiger partial charge on any atom is 0.264 e. The van der Waals surface area contributed by atoms with Gasteiger partial charge in [0.2, 0.25) is 11.8 Å². The number of nitrogens with zero attached hydrogens (tertiary/aromatic N) is 2. The Morgan fingerprint density at radius 3 is 2.15 bits per heavy atom. The van der Waals surface area contributed by atoms with E-state index in [9.17, 15) is 18.0 Å².